The molecule has 4 aliphatic carbocycles. The van der Waals surface area contributed by atoms with Crippen molar-refractivity contribution in [2.75, 3.05) is 0 Å². The molecule has 6 aromatic carbocycles. The minimum atomic E-state index is 0.0727. The number of rotatable bonds is 3. The SMILES string of the molecule is c1ccc(-c2nc(-c3cccc(-c4ccc5c(c4)C4(CCCCC4)c4cc6c(cc4-5)C4(CCCCC4)c4ccccc4-6)c3)c3sc4ccccc4c3n2)cc1. The fraction of sp³-hybridized carbons (Fsp3) is 0.231. The van der Waals surface area contributed by atoms with Crippen LogP contribution < -0.4 is 0 Å². The second kappa shape index (κ2) is 12.1. The normalized spacial score (nSPS) is 17.4. The van der Waals surface area contributed by atoms with Crippen molar-refractivity contribution in [3.8, 4) is 56.0 Å². The first-order valence-electron chi connectivity index (χ1n) is 20.5. The first-order chi connectivity index (χ1) is 27.2. The molecule has 0 unspecified atom stereocenters. The van der Waals surface area contributed by atoms with E-state index in [1.807, 2.05) is 0 Å². The number of fused-ring (bicyclic) bond motifs is 13. The maximum atomic E-state index is 5.31. The van der Waals surface area contributed by atoms with Gasteiger partial charge in [0.05, 0.1) is 15.9 Å². The first kappa shape index (κ1) is 31.9. The van der Waals surface area contributed by atoms with E-state index in [0.29, 0.717) is 0 Å². The van der Waals surface area contributed by atoms with Gasteiger partial charge in [-0.1, -0.05) is 142 Å². The van der Waals surface area contributed by atoms with E-state index < -0.39 is 0 Å². The fourth-order valence-corrected chi connectivity index (χ4v) is 12.5. The largest absolute Gasteiger partial charge is 0.226 e. The van der Waals surface area contributed by atoms with Gasteiger partial charge in [-0.15, -0.1) is 11.3 Å². The molecule has 55 heavy (non-hydrogen) atoms. The summed E-state index contributed by atoms with van der Waals surface area (Å²) in [4.78, 5) is 10.5. The van der Waals surface area contributed by atoms with Crippen LogP contribution in [0.5, 0.6) is 0 Å². The zero-order valence-corrected chi connectivity index (χ0v) is 31.9. The van der Waals surface area contributed by atoms with Gasteiger partial charge in [0.2, 0.25) is 0 Å². The smallest absolute Gasteiger partial charge is 0.160 e. The van der Waals surface area contributed by atoms with Gasteiger partial charge in [-0.25, -0.2) is 9.97 Å². The number of aromatic nitrogens is 2. The molecule has 266 valence electrons. The van der Waals surface area contributed by atoms with Crippen molar-refractivity contribution in [3.63, 3.8) is 0 Å². The van der Waals surface area contributed by atoms with Crippen LogP contribution in [-0.4, -0.2) is 9.97 Å². The summed E-state index contributed by atoms with van der Waals surface area (Å²) in [6.07, 6.45) is 12.9. The molecule has 2 saturated carbocycles. The van der Waals surface area contributed by atoms with Gasteiger partial charge in [-0.05, 0) is 112 Å². The van der Waals surface area contributed by atoms with E-state index in [9.17, 15) is 0 Å². The highest BCUT2D eigenvalue weighted by molar-refractivity contribution is 7.26. The summed E-state index contributed by atoms with van der Waals surface area (Å²) in [5.41, 5.74) is 19.3. The molecule has 2 aromatic heterocycles. The van der Waals surface area contributed by atoms with Crippen LogP contribution in [0.15, 0.2) is 133 Å². The lowest BCUT2D eigenvalue weighted by molar-refractivity contribution is 0.350. The third kappa shape index (κ3) is 4.60. The van der Waals surface area contributed by atoms with Crippen molar-refractivity contribution < 1.29 is 0 Å². The third-order valence-electron chi connectivity index (χ3n) is 13.9. The molecule has 0 N–H and O–H groups in total. The summed E-state index contributed by atoms with van der Waals surface area (Å²) in [7, 11) is 0. The van der Waals surface area contributed by atoms with Crippen molar-refractivity contribution in [2.24, 2.45) is 0 Å². The van der Waals surface area contributed by atoms with E-state index in [1.54, 1.807) is 33.6 Å². The van der Waals surface area contributed by atoms with Gasteiger partial charge in [0, 0.05) is 32.0 Å². The molecule has 4 aliphatic rings. The van der Waals surface area contributed by atoms with Gasteiger partial charge in [0.15, 0.2) is 5.82 Å². The lowest BCUT2D eigenvalue weighted by atomic mass is 9.66. The molecule has 0 saturated heterocycles. The van der Waals surface area contributed by atoms with Crippen molar-refractivity contribution in [3.05, 3.63) is 156 Å². The molecule has 0 aliphatic heterocycles. The summed E-state index contributed by atoms with van der Waals surface area (Å²) < 4.78 is 2.39. The fourth-order valence-electron chi connectivity index (χ4n) is 11.4. The molecule has 0 amide bonds. The molecule has 2 nitrogen and oxygen atoms in total. The Morgan fingerprint density at radius 2 is 1.02 bits per heavy atom. The monoisotopic (exact) mass is 726 g/mol. The lowest BCUT2D eigenvalue weighted by Crippen LogP contribution is -2.29. The third-order valence-corrected chi connectivity index (χ3v) is 15.0. The zero-order chi connectivity index (χ0) is 36.1. The van der Waals surface area contributed by atoms with Crippen LogP contribution in [-0.2, 0) is 10.8 Å². The Morgan fingerprint density at radius 1 is 0.418 bits per heavy atom. The molecule has 2 heterocycles. The topological polar surface area (TPSA) is 25.8 Å². The number of thiophene rings is 1. The minimum Gasteiger partial charge on any atom is -0.226 e. The van der Waals surface area contributed by atoms with E-state index >= 15 is 0 Å². The molecule has 0 radical (unpaired) electrons. The highest BCUT2D eigenvalue weighted by Crippen LogP contribution is 2.62. The Kier molecular flexibility index (Phi) is 7.00. The van der Waals surface area contributed by atoms with Gasteiger partial charge >= 0.3 is 0 Å². The molecule has 0 atom stereocenters. The van der Waals surface area contributed by atoms with Crippen LogP contribution in [0.2, 0.25) is 0 Å². The van der Waals surface area contributed by atoms with E-state index in [4.69, 9.17) is 9.97 Å². The van der Waals surface area contributed by atoms with Crippen LogP contribution in [0.4, 0.5) is 0 Å². The molecule has 12 rings (SSSR count). The lowest BCUT2D eigenvalue weighted by Gasteiger charge is -2.37. The Labute approximate surface area is 327 Å². The molecule has 3 heteroatoms. The van der Waals surface area contributed by atoms with Gasteiger partial charge in [0.25, 0.3) is 0 Å². The average molecular weight is 727 g/mol. The van der Waals surface area contributed by atoms with E-state index in [1.165, 1.54) is 108 Å². The van der Waals surface area contributed by atoms with Gasteiger partial charge in [-0.2, -0.15) is 0 Å². The Hall–Kier alpha value is -5.38. The second-order valence-corrected chi connectivity index (χ2v) is 17.7. The molecular formula is C52H42N2S. The van der Waals surface area contributed by atoms with Gasteiger partial charge in [0.1, 0.15) is 0 Å². The summed E-state index contributed by atoms with van der Waals surface area (Å²) in [6, 6.07) is 50.4. The highest BCUT2D eigenvalue weighted by Gasteiger charge is 2.49. The Morgan fingerprint density at radius 3 is 1.80 bits per heavy atom. The van der Waals surface area contributed by atoms with Crippen molar-refractivity contribution >= 4 is 31.6 Å². The molecule has 0 bridgehead atoms. The quantitative estimate of drug-likeness (QED) is 0.181. The van der Waals surface area contributed by atoms with Gasteiger partial charge in [-0.3, -0.25) is 0 Å². The summed E-state index contributed by atoms with van der Waals surface area (Å²) in [6.45, 7) is 0. The molecule has 2 spiro atoms. The van der Waals surface area contributed by atoms with Crippen LogP contribution in [0.3, 0.4) is 0 Å². The predicted octanol–water partition coefficient (Wildman–Crippen LogP) is 14.3. The molecule has 2 fully saturated rings. The number of benzene rings is 6. The molecular weight excluding hydrogens is 685 g/mol. The Balaban J connectivity index is 1.01. The Bertz CT molecular complexity index is 2830. The van der Waals surface area contributed by atoms with E-state index in [-0.39, 0.29) is 10.8 Å². The summed E-state index contributed by atoms with van der Waals surface area (Å²) in [5.74, 6) is 0.774. The standard InChI is InChI=1S/C52H42N2S/c1-4-15-33(16-5-1)50-53-47(49-48(54-50)39-20-7-9-22-46(39)55-49)36-18-14-17-34(29-36)35-23-24-38-41-32-44-40(31-45(41)52(43(38)30-35)27-12-3-13-28-52)37-19-6-8-21-42(37)51(44)25-10-2-11-26-51/h1,4-9,14-24,29-32H,2-3,10-13,25-28H2. The average Bonchev–Trinajstić information content (AvgIpc) is 3.85. The van der Waals surface area contributed by atoms with Crippen LogP contribution >= 0.6 is 11.3 Å². The summed E-state index contributed by atoms with van der Waals surface area (Å²) in [5, 5.41) is 1.19. The van der Waals surface area contributed by atoms with E-state index in [0.717, 1.165) is 32.9 Å². The number of nitrogens with zero attached hydrogens (tertiary/aromatic N) is 2. The predicted molar refractivity (Wildman–Crippen MR) is 230 cm³/mol. The van der Waals surface area contributed by atoms with Crippen LogP contribution in [0.1, 0.15) is 86.5 Å². The van der Waals surface area contributed by atoms with Crippen LogP contribution in [0.25, 0.3) is 76.3 Å². The van der Waals surface area contributed by atoms with Crippen LogP contribution in [0, 0.1) is 0 Å². The summed E-state index contributed by atoms with van der Waals surface area (Å²) >= 11 is 1.80. The highest BCUT2D eigenvalue weighted by atomic mass is 32.1. The van der Waals surface area contributed by atoms with Crippen molar-refractivity contribution in [2.45, 2.75) is 75.0 Å². The maximum Gasteiger partial charge on any atom is 0.160 e. The molecule has 8 aromatic rings. The van der Waals surface area contributed by atoms with E-state index in [2.05, 4.69) is 133 Å². The second-order valence-electron chi connectivity index (χ2n) is 16.7. The number of hydrogen-bond donors (Lipinski definition) is 0. The van der Waals surface area contributed by atoms with Gasteiger partial charge < -0.3 is 0 Å². The zero-order valence-electron chi connectivity index (χ0n) is 31.1. The van der Waals surface area contributed by atoms with Crippen molar-refractivity contribution in [1.29, 1.82) is 0 Å². The minimum absolute atomic E-state index is 0.0727. The first-order valence-corrected chi connectivity index (χ1v) is 21.3. The maximum absolute atomic E-state index is 5.31. The van der Waals surface area contributed by atoms with Crippen molar-refractivity contribution in [1.82, 2.24) is 9.97 Å². The number of hydrogen-bond acceptors (Lipinski definition) is 3.